The van der Waals surface area contributed by atoms with Crippen molar-refractivity contribution in [1.29, 1.82) is 0 Å². The zero-order valence-electron chi connectivity index (χ0n) is 5.59. The summed E-state index contributed by atoms with van der Waals surface area (Å²) in [4.78, 5) is 10.5. The summed E-state index contributed by atoms with van der Waals surface area (Å²) < 4.78 is 35.6. The molecular formula is C4H3F3N4O. The predicted octanol–water partition coefficient (Wildman–Crippen LogP) is -0.000600. The van der Waals surface area contributed by atoms with E-state index in [-0.39, 0.29) is 4.68 Å². The number of halogens is 3. The quantitative estimate of drug-likeness (QED) is 0.661. The van der Waals surface area contributed by atoms with E-state index in [1.54, 1.807) is 5.10 Å². The fraction of sp³-hybridized carbons (Fsp3) is 0.250. The minimum Gasteiger partial charge on any atom is -0.244 e. The highest BCUT2D eigenvalue weighted by molar-refractivity contribution is 5.44. The molecule has 5 nitrogen and oxygen atoms in total. The molecule has 1 N–H and O–H groups in total. The summed E-state index contributed by atoms with van der Waals surface area (Å²) in [6.45, 7) is 2.64. The third kappa shape index (κ3) is 1.36. The lowest BCUT2D eigenvalue weighted by molar-refractivity contribution is -0.0744. The Kier molecular flexibility index (Phi) is 1.75. The van der Waals surface area contributed by atoms with Crippen LogP contribution in [0.5, 0.6) is 0 Å². The van der Waals surface area contributed by atoms with Crippen LogP contribution in [-0.2, 0) is 0 Å². The molecule has 0 saturated heterocycles. The van der Waals surface area contributed by atoms with Crippen molar-refractivity contribution in [3.05, 3.63) is 17.1 Å². The Hall–Kier alpha value is -1.60. The lowest BCUT2D eigenvalue weighted by Crippen LogP contribution is -2.25. The van der Waals surface area contributed by atoms with Gasteiger partial charge >= 0.3 is 11.9 Å². The molecule has 0 radical (unpaired) electrons. The van der Waals surface area contributed by atoms with E-state index in [9.17, 15) is 18.0 Å². The molecule has 0 spiro atoms. The largest absolute Gasteiger partial charge is 0.433 e. The van der Waals surface area contributed by atoms with Gasteiger partial charge in [0.25, 0.3) is 0 Å². The second-order valence-corrected chi connectivity index (χ2v) is 1.86. The van der Waals surface area contributed by atoms with Crippen molar-refractivity contribution in [2.24, 2.45) is 0 Å². The third-order valence-corrected chi connectivity index (χ3v) is 1.06. The van der Waals surface area contributed by atoms with Crippen LogP contribution >= 0.6 is 0 Å². The number of aromatic amines is 1. The number of hydrogen-bond donors (Lipinski definition) is 1. The molecule has 0 bridgehead atoms. The standard InChI is InChI=1S/C4H3F3N4O/c1-2(4(5,6)7)11-3(12)8-9-10-11/h1H2,(H,8,10,12). The Bertz CT molecular complexity index is 348. The number of nitrogens with one attached hydrogen (secondary N) is 1. The number of alkyl halides is 3. The normalized spacial score (nSPS) is 11.6. The monoisotopic (exact) mass is 180 g/mol. The first-order valence-corrected chi connectivity index (χ1v) is 2.70. The maximum Gasteiger partial charge on any atom is 0.433 e. The average molecular weight is 180 g/mol. The molecule has 12 heavy (non-hydrogen) atoms. The first kappa shape index (κ1) is 8.50. The molecule has 0 aliphatic carbocycles. The van der Waals surface area contributed by atoms with E-state index in [4.69, 9.17) is 0 Å². The van der Waals surface area contributed by atoms with Gasteiger partial charge in [0.2, 0.25) is 0 Å². The lowest BCUT2D eigenvalue weighted by atomic mass is 10.5. The second kappa shape index (κ2) is 2.47. The van der Waals surface area contributed by atoms with Gasteiger partial charge in [0.1, 0.15) is 5.70 Å². The van der Waals surface area contributed by atoms with Crippen molar-refractivity contribution in [2.45, 2.75) is 6.18 Å². The number of aromatic nitrogens is 4. The first-order chi connectivity index (χ1) is 5.43. The zero-order valence-corrected chi connectivity index (χ0v) is 5.59. The molecule has 0 aliphatic rings. The summed E-state index contributed by atoms with van der Waals surface area (Å²) in [5.74, 6) is 0. The molecular weight excluding hydrogens is 177 g/mol. The van der Waals surface area contributed by atoms with Gasteiger partial charge in [-0.3, -0.25) is 0 Å². The van der Waals surface area contributed by atoms with E-state index in [1.165, 1.54) is 0 Å². The first-order valence-electron chi connectivity index (χ1n) is 2.70. The molecule has 0 atom stereocenters. The summed E-state index contributed by atoms with van der Waals surface area (Å²) in [6.07, 6.45) is -4.68. The van der Waals surface area contributed by atoms with Gasteiger partial charge in [-0.15, -0.1) is 0 Å². The summed E-state index contributed by atoms with van der Waals surface area (Å²) in [5, 5.41) is 7.44. The van der Waals surface area contributed by atoms with E-state index in [2.05, 4.69) is 17.0 Å². The van der Waals surface area contributed by atoms with Crippen molar-refractivity contribution in [3.63, 3.8) is 0 Å². The van der Waals surface area contributed by atoms with E-state index < -0.39 is 17.6 Å². The van der Waals surface area contributed by atoms with Gasteiger partial charge in [-0.1, -0.05) is 6.58 Å². The van der Waals surface area contributed by atoms with E-state index in [0.717, 1.165) is 0 Å². The fourth-order valence-electron chi connectivity index (χ4n) is 0.494. The van der Waals surface area contributed by atoms with Crippen molar-refractivity contribution in [2.75, 3.05) is 0 Å². The van der Waals surface area contributed by atoms with Gasteiger partial charge in [0.15, 0.2) is 0 Å². The Morgan fingerprint density at radius 2 is 2.17 bits per heavy atom. The van der Waals surface area contributed by atoms with Crippen LogP contribution in [0.4, 0.5) is 13.2 Å². The van der Waals surface area contributed by atoms with E-state index in [1.807, 2.05) is 0 Å². The smallest absolute Gasteiger partial charge is 0.244 e. The van der Waals surface area contributed by atoms with Gasteiger partial charge in [-0.2, -0.15) is 17.9 Å². The van der Waals surface area contributed by atoms with Crippen LogP contribution in [-0.4, -0.2) is 26.4 Å². The van der Waals surface area contributed by atoms with Crippen LogP contribution < -0.4 is 5.69 Å². The van der Waals surface area contributed by atoms with Gasteiger partial charge in [0, 0.05) is 0 Å². The number of nitrogens with zero attached hydrogens (tertiary/aromatic N) is 3. The zero-order chi connectivity index (χ0) is 9.35. The molecule has 0 amide bonds. The highest BCUT2D eigenvalue weighted by Gasteiger charge is 2.35. The number of tetrazole rings is 1. The van der Waals surface area contributed by atoms with Crippen molar-refractivity contribution >= 4 is 5.70 Å². The van der Waals surface area contributed by atoms with Crippen molar-refractivity contribution < 1.29 is 13.2 Å². The molecule has 1 rings (SSSR count). The summed E-state index contributed by atoms with van der Waals surface area (Å²) >= 11 is 0. The molecule has 1 aromatic heterocycles. The van der Waals surface area contributed by atoms with Crippen LogP contribution in [0.25, 0.3) is 5.70 Å². The highest BCUT2D eigenvalue weighted by Crippen LogP contribution is 2.25. The Balaban J connectivity index is 3.10. The van der Waals surface area contributed by atoms with Gasteiger partial charge < -0.3 is 0 Å². The molecule has 0 fully saturated rings. The molecule has 0 aromatic carbocycles. The molecule has 1 aromatic rings. The maximum absolute atomic E-state index is 11.9. The third-order valence-electron chi connectivity index (χ3n) is 1.06. The van der Waals surface area contributed by atoms with Gasteiger partial charge in [-0.05, 0) is 10.4 Å². The minimum absolute atomic E-state index is 0.0417. The van der Waals surface area contributed by atoms with Crippen LogP contribution in [0, 0.1) is 0 Å². The summed E-state index contributed by atoms with van der Waals surface area (Å²) in [7, 11) is 0. The number of H-pyrrole nitrogens is 1. The Morgan fingerprint density at radius 3 is 2.50 bits per heavy atom. The van der Waals surface area contributed by atoms with Crippen LogP contribution in [0.3, 0.4) is 0 Å². The molecule has 1 heterocycles. The van der Waals surface area contributed by atoms with Crippen molar-refractivity contribution in [1.82, 2.24) is 20.2 Å². The maximum atomic E-state index is 11.9. The lowest BCUT2D eigenvalue weighted by Gasteiger charge is -2.06. The number of rotatable bonds is 1. The van der Waals surface area contributed by atoms with E-state index in [0.29, 0.717) is 0 Å². The molecule has 66 valence electrons. The minimum atomic E-state index is -4.68. The van der Waals surface area contributed by atoms with Crippen molar-refractivity contribution in [3.8, 4) is 0 Å². The van der Waals surface area contributed by atoms with Gasteiger partial charge in [-0.25, -0.2) is 9.89 Å². The number of hydrogen-bond acceptors (Lipinski definition) is 3. The SMILES string of the molecule is C=C(n1nn[nH]c1=O)C(F)(F)F. The fourth-order valence-corrected chi connectivity index (χ4v) is 0.494. The Morgan fingerprint density at radius 1 is 1.58 bits per heavy atom. The van der Waals surface area contributed by atoms with E-state index >= 15 is 0 Å². The van der Waals surface area contributed by atoms with Gasteiger partial charge in [0.05, 0.1) is 0 Å². The predicted molar refractivity (Wildman–Crippen MR) is 32.0 cm³/mol. The average Bonchev–Trinajstić information content (AvgIpc) is 2.31. The topological polar surface area (TPSA) is 63.6 Å². The number of allylic oxidation sites excluding steroid dienone is 1. The van der Waals surface area contributed by atoms with Crippen LogP contribution in [0.2, 0.25) is 0 Å². The molecule has 0 aliphatic heterocycles. The molecule has 0 unspecified atom stereocenters. The van der Waals surface area contributed by atoms with Crippen LogP contribution in [0.15, 0.2) is 11.4 Å². The molecule has 8 heteroatoms. The summed E-state index contributed by atoms with van der Waals surface area (Å²) in [5.41, 5.74) is -2.45. The Labute approximate surface area is 63.5 Å². The van der Waals surface area contributed by atoms with Crippen LogP contribution in [0.1, 0.15) is 0 Å². The summed E-state index contributed by atoms with van der Waals surface area (Å²) in [6, 6.07) is 0. The molecule has 0 saturated carbocycles. The second-order valence-electron chi connectivity index (χ2n) is 1.86. The highest BCUT2D eigenvalue weighted by atomic mass is 19.4.